The lowest BCUT2D eigenvalue weighted by Crippen LogP contribution is -2.50. The third-order valence-corrected chi connectivity index (χ3v) is 6.42. The summed E-state index contributed by atoms with van der Waals surface area (Å²) in [5.74, 6) is 1.48. The number of nitrogens with zero attached hydrogens (tertiary/aromatic N) is 1. The van der Waals surface area contributed by atoms with E-state index < -0.39 is 6.04 Å². The molecule has 0 radical (unpaired) electrons. The van der Waals surface area contributed by atoms with Gasteiger partial charge in [-0.05, 0) is 23.6 Å². The first-order chi connectivity index (χ1) is 16.2. The Hall–Kier alpha value is -3.05. The SMILES string of the molecule is CCNC(=O)C(Cc1ccccc1)N(Cc1ccccc1)C(=O)CCSCc1ccccc1. The predicted octanol–water partition coefficient (Wildman–Crippen LogP) is 5.09. The number of carbonyl (C=O) groups is 2. The van der Waals surface area contributed by atoms with Crippen LogP contribution in [0.15, 0.2) is 91.0 Å². The molecule has 172 valence electrons. The fraction of sp³-hybridized carbons (Fsp3) is 0.286. The summed E-state index contributed by atoms with van der Waals surface area (Å²) >= 11 is 1.74. The van der Waals surface area contributed by atoms with Crippen LogP contribution in [-0.4, -0.2) is 35.1 Å². The van der Waals surface area contributed by atoms with Crippen LogP contribution in [0, 0.1) is 0 Å². The molecule has 4 nitrogen and oxygen atoms in total. The van der Waals surface area contributed by atoms with Crippen molar-refractivity contribution in [3.63, 3.8) is 0 Å². The zero-order chi connectivity index (χ0) is 23.3. The smallest absolute Gasteiger partial charge is 0.243 e. The number of thioether (sulfide) groups is 1. The highest BCUT2D eigenvalue weighted by molar-refractivity contribution is 7.98. The second-order valence-corrected chi connectivity index (χ2v) is 9.00. The van der Waals surface area contributed by atoms with Gasteiger partial charge >= 0.3 is 0 Å². The molecule has 0 aromatic heterocycles. The quantitative estimate of drug-likeness (QED) is 0.383. The molecule has 0 saturated carbocycles. The molecule has 0 spiro atoms. The van der Waals surface area contributed by atoms with Gasteiger partial charge in [0.25, 0.3) is 0 Å². The average molecular weight is 461 g/mol. The van der Waals surface area contributed by atoms with Crippen molar-refractivity contribution in [1.82, 2.24) is 10.2 Å². The minimum Gasteiger partial charge on any atom is -0.355 e. The molecule has 3 aromatic carbocycles. The molecule has 0 saturated heterocycles. The van der Waals surface area contributed by atoms with Crippen LogP contribution in [-0.2, 0) is 28.3 Å². The minimum atomic E-state index is -0.556. The van der Waals surface area contributed by atoms with Crippen molar-refractivity contribution in [2.45, 2.75) is 38.1 Å². The Balaban J connectivity index is 1.74. The molecule has 0 aliphatic carbocycles. The fourth-order valence-electron chi connectivity index (χ4n) is 3.69. The molecule has 5 heteroatoms. The normalized spacial score (nSPS) is 11.5. The zero-order valence-electron chi connectivity index (χ0n) is 19.2. The number of nitrogens with one attached hydrogen (secondary N) is 1. The van der Waals surface area contributed by atoms with Crippen molar-refractivity contribution in [3.05, 3.63) is 108 Å². The highest BCUT2D eigenvalue weighted by atomic mass is 32.2. The van der Waals surface area contributed by atoms with E-state index in [9.17, 15) is 9.59 Å². The molecule has 33 heavy (non-hydrogen) atoms. The van der Waals surface area contributed by atoms with Crippen LogP contribution < -0.4 is 5.32 Å². The Morgan fingerprint density at radius 1 is 0.818 bits per heavy atom. The lowest BCUT2D eigenvalue weighted by atomic mass is 10.0. The maximum atomic E-state index is 13.4. The molecule has 0 heterocycles. The summed E-state index contributed by atoms with van der Waals surface area (Å²) in [5.41, 5.74) is 3.31. The first-order valence-corrected chi connectivity index (χ1v) is 12.6. The van der Waals surface area contributed by atoms with Crippen molar-refractivity contribution in [3.8, 4) is 0 Å². The van der Waals surface area contributed by atoms with Gasteiger partial charge in [0, 0.05) is 37.4 Å². The summed E-state index contributed by atoms with van der Waals surface area (Å²) in [6.45, 7) is 2.85. The third kappa shape index (κ3) is 8.10. The molecule has 1 unspecified atom stereocenters. The Labute approximate surface area is 201 Å². The van der Waals surface area contributed by atoms with Gasteiger partial charge in [-0.15, -0.1) is 0 Å². The van der Waals surface area contributed by atoms with Gasteiger partial charge in [0.1, 0.15) is 6.04 Å². The summed E-state index contributed by atoms with van der Waals surface area (Å²) in [7, 11) is 0. The van der Waals surface area contributed by atoms with Crippen LogP contribution in [0.1, 0.15) is 30.0 Å². The highest BCUT2D eigenvalue weighted by Crippen LogP contribution is 2.18. The first kappa shape index (κ1) is 24.6. The summed E-state index contributed by atoms with van der Waals surface area (Å²) in [6.07, 6.45) is 0.886. The lowest BCUT2D eigenvalue weighted by Gasteiger charge is -2.31. The molecule has 1 N–H and O–H groups in total. The molecule has 0 fully saturated rings. The van der Waals surface area contributed by atoms with Crippen LogP contribution in [0.3, 0.4) is 0 Å². The summed E-state index contributed by atoms with van der Waals surface area (Å²) in [5, 5.41) is 2.94. The van der Waals surface area contributed by atoms with Crippen LogP contribution in [0.2, 0.25) is 0 Å². The van der Waals surface area contributed by atoms with Crippen LogP contribution in [0.5, 0.6) is 0 Å². The van der Waals surface area contributed by atoms with Gasteiger partial charge in [-0.2, -0.15) is 11.8 Å². The van der Waals surface area contributed by atoms with Crippen molar-refractivity contribution >= 4 is 23.6 Å². The molecular formula is C28H32N2O2S. The van der Waals surface area contributed by atoms with Crippen molar-refractivity contribution < 1.29 is 9.59 Å². The van der Waals surface area contributed by atoms with Crippen molar-refractivity contribution in [2.24, 2.45) is 0 Å². The second-order valence-electron chi connectivity index (χ2n) is 7.90. The molecule has 3 aromatic rings. The summed E-state index contributed by atoms with van der Waals surface area (Å²) < 4.78 is 0. The van der Waals surface area contributed by atoms with Crippen LogP contribution >= 0.6 is 11.8 Å². The fourth-order valence-corrected chi connectivity index (χ4v) is 4.58. The maximum Gasteiger partial charge on any atom is 0.243 e. The largest absolute Gasteiger partial charge is 0.355 e. The Morgan fingerprint density at radius 2 is 1.36 bits per heavy atom. The Kier molecular flexibility index (Phi) is 10.0. The molecule has 0 aliphatic heterocycles. The van der Waals surface area contributed by atoms with Gasteiger partial charge in [0.15, 0.2) is 0 Å². The first-order valence-electron chi connectivity index (χ1n) is 11.4. The van der Waals surface area contributed by atoms with Gasteiger partial charge in [-0.3, -0.25) is 9.59 Å². The number of benzene rings is 3. The van der Waals surface area contributed by atoms with Crippen LogP contribution in [0.4, 0.5) is 0 Å². The molecule has 2 amide bonds. The average Bonchev–Trinajstić information content (AvgIpc) is 2.86. The van der Waals surface area contributed by atoms with Crippen molar-refractivity contribution in [2.75, 3.05) is 12.3 Å². The van der Waals surface area contributed by atoms with E-state index in [4.69, 9.17) is 0 Å². The van der Waals surface area contributed by atoms with E-state index in [2.05, 4.69) is 17.4 Å². The number of rotatable bonds is 12. The van der Waals surface area contributed by atoms with E-state index in [1.54, 1.807) is 16.7 Å². The van der Waals surface area contributed by atoms with E-state index in [-0.39, 0.29) is 11.8 Å². The molecule has 0 bridgehead atoms. The molecule has 1 atom stereocenters. The van der Waals surface area contributed by atoms with Crippen LogP contribution in [0.25, 0.3) is 0 Å². The molecule has 3 rings (SSSR count). The monoisotopic (exact) mass is 460 g/mol. The Morgan fingerprint density at radius 3 is 1.94 bits per heavy atom. The highest BCUT2D eigenvalue weighted by Gasteiger charge is 2.29. The van der Waals surface area contributed by atoms with E-state index in [0.29, 0.717) is 31.7 Å². The zero-order valence-corrected chi connectivity index (χ0v) is 20.0. The van der Waals surface area contributed by atoms with Gasteiger partial charge < -0.3 is 10.2 Å². The number of amides is 2. The third-order valence-electron chi connectivity index (χ3n) is 5.39. The topological polar surface area (TPSA) is 49.4 Å². The van der Waals surface area contributed by atoms with Gasteiger partial charge in [0.2, 0.25) is 11.8 Å². The predicted molar refractivity (Wildman–Crippen MR) is 137 cm³/mol. The van der Waals surface area contributed by atoms with Crippen molar-refractivity contribution in [1.29, 1.82) is 0 Å². The standard InChI is InChI=1S/C28H32N2O2S/c1-2-29-28(32)26(20-23-12-6-3-7-13-23)30(21-24-14-8-4-9-15-24)27(31)18-19-33-22-25-16-10-5-11-17-25/h3-17,26H,2,18-22H2,1H3,(H,29,32). The second kappa shape index (κ2) is 13.5. The lowest BCUT2D eigenvalue weighted by molar-refractivity contribution is -0.140. The van der Waals surface area contributed by atoms with Gasteiger partial charge in [-0.1, -0.05) is 91.0 Å². The minimum absolute atomic E-state index is 0.00611. The summed E-state index contributed by atoms with van der Waals surface area (Å²) in [4.78, 5) is 28.3. The number of likely N-dealkylation sites (N-methyl/N-ethyl adjacent to an activating group) is 1. The number of hydrogen-bond donors (Lipinski definition) is 1. The van der Waals surface area contributed by atoms with E-state index >= 15 is 0 Å². The van der Waals surface area contributed by atoms with Gasteiger partial charge in [0.05, 0.1) is 0 Å². The number of carbonyl (C=O) groups excluding carboxylic acids is 2. The van der Waals surface area contributed by atoms with E-state index in [0.717, 1.165) is 16.9 Å². The maximum absolute atomic E-state index is 13.4. The molecular weight excluding hydrogens is 428 g/mol. The summed E-state index contributed by atoms with van der Waals surface area (Å²) in [6, 6.07) is 29.5. The number of hydrogen-bond acceptors (Lipinski definition) is 3. The van der Waals surface area contributed by atoms with Gasteiger partial charge in [-0.25, -0.2) is 0 Å². The molecule has 0 aliphatic rings. The van der Waals surface area contributed by atoms with E-state index in [1.165, 1.54) is 5.56 Å². The van der Waals surface area contributed by atoms with E-state index in [1.807, 2.05) is 85.8 Å². The Bertz CT molecular complexity index is 981.